The highest BCUT2D eigenvalue weighted by Crippen LogP contribution is 2.51. The van der Waals surface area contributed by atoms with E-state index in [-0.39, 0.29) is 31.2 Å². The van der Waals surface area contributed by atoms with E-state index in [1.54, 1.807) is 24.3 Å². The number of hydrogen-bond acceptors (Lipinski definition) is 8. The molecule has 2 heterocycles. The number of amides is 2. The molecule has 0 spiro atoms. The van der Waals surface area contributed by atoms with Crippen LogP contribution >= 0.6 is 0 Å². The number of carbonyl (C=O) groups is 3. The molecule has 2 amide bonds. The molecule has 4 unspecified atom stereocenters. The van der Waals surface area contributed by atoms with Crippen molar-refractivity contribution < 1.29 is 38.5 Å². The zero-order valence-electron chi connectivity index (χ0n) is 20.6. The predicted octanol–water partition coefficient (Wildman–Crippen LogP) is 1.72. The average Bonchev–Trinajstić information content (AvgIpc) is 3.57. The summed E-state index contributed by atoms with van der Waals surface area (Å²) in [4.78, 5) is 39.6. The smallest absolute Gasteiger partial charge is 0.247 e. The maximum absolute atomic E-state index is 13.3. The molecule has 4 atom stereocenters. The SMILES string of the molecule is CCC=CC(=O)N(Cc1ccoc1)C1C=C(C(=O)NCCO)C2c3cc(C=O)cc(OC)c3OC2C1O. The fraction of sp³-hybridized carbons (Fsp3) is 0.370. The molecule has 10 heteroatoms. The number of fused-ring (bicyclic) bond motifs is 3. The zero-order chi connectivity index (χ0) is 26.5. The maximum Gasteiger partial charge on any atom is 0.247 e. The molecule has 0 radical (unpaired) electrons. The minimum atomic E-state index is -1.22. The van der Waals surface area contributed by atoms with Crippen molar-refractivity contribution in [1.29, 1.82) is 0 Å². The number of nitrogens with zero attached hydrogens (tertiary/aromatic N) is 1. The Bertz CT molecular complexity index is 1200. The number of aliphatic hydroxyl groups is 2. The van der Waals surface area contributed by atoms with E-state index >= 15 is 0 Å². The van der Waals surface area contributed by atoms with Crippen LogP contribution in [0.3, 0.4) is 0 Å². The van der Waals surface area contributed by atoms with Gasteiger partial charge in [0.15, 0.2) is 11.5 Å². The van der Waals surface area contributed by atoms with Crippen molar-refractivity contribution in [3.05, 3.63) is 71.2 Å². The van der Waals surface area contributed by atoms with Crippen molar-refractivity contribution in [2.45, 2.75) is 44.1 Å². The fourth-order valence-corrected chi connectivity index (χ4v) is 4.78. The Balaban J connectivity index is 1.82. The van der Waals surface area contributed by atoms with Crippen LogP contribution in [0, 0.1) is 0 Å². The molecule has 1 aromatic heterocycles. The van der Waals surface area contributed by atoms with E-state index in [0.717, 1.165) is 0 Å². The first-order chi connectivity index (χ1) is 17.9. The highest BCUT2D eigenvalue weighted by molar-refractivity contribution is 5.97. The molecule has 10 nitrogen and oxygen atoms in total. The predicted molar refractivity (Wildman–Crippen MR) is 132 cm³/mol. The molecular formula is C27H30N2O8. The monoisotopic (exact) mass is 510 g/mol. The van der Waals surface area contributed by atoms with Crippen LogP contribution in [-0.2, 0) is 16.1 Å². The molecular weight excluding hydrogens is 480 g/mol. The Morgan fingerprint density at radius 3 is 2.76 bits per heavy atom. The quantitative estimate of drug-likeness (QED) is 0.324. The molecule has 4 rings (SSSR count). The number of nitrogens with one attached hydrogen (secondary N) is 1. The molecule has 0 bridgehead atoms. The summed E-state index contributed by atoms with van der Waals surface area (Å²) in [6.07, 6.45) is 6.86. The summed E-state index contributed by atoms with van der Waals surface area (Å²) < 4.78 is 16.8. The first-order valence-electron chi connectivity index (χ1n) is 12.0. The minimum absolute atomic E-state index is 0.0170. The lowest BCUT2D eigenvalue weighted by Crippen LogP contribution is -2.55. The van der Waals surface area contributed by atoms with Gasteiger partial charge in [-0.25, -0.2) is 0 Å². The van der Waals surface area contributed by atoms with Crippen molar-refractivity contribution >= 4 is 18.1 Å². The number of rotatable bonds is 10. The summed E-state index contributed by atoms with van der Waals surface area (Å²) >= 11 is 0. The van der Waals surface area contributed by atoms with Gasteiger partial charge < -0.3 is 34.3 Å². The van der Waals surface area contributed by atoms with E-state index in [1.807, 2.05) is 6.92 Å². The Labute approximate surface area is 214 Å². The van der Waals surface area contributed by atoms with Gasteiger partial charge in [0, 0.05) is 35.4 Å². The van der Waals surface area contributed by atoms with Crippen LogP contribution in [0.1, 0.15) is 40.7 Å². The second-order valence-corrected chi connectivity index (χ2v) is 8.81. The van der Waals surface area contributed by atoms with Crippen LogP contribution in [0.25, 0.3) is 0 Å². The third kappa shape index (κ3) is 5.16. The lowest BCUT2D eigenvalue weighted by molar-refractivity contribution is -0.133. The largest absolute Gasteiger partial charge is 0.493 e. The summed E-state index contributed by atoms with van der Waals surface area (Å²) in [5.74, 6) is -0.945. The summed E-state index contributed by atoms with van der Waals surface area (Å²) in [5, 5.41) is 23.5. The average molecular weight is 511 g/mol. The summed E-state index contributed by atoms with van der Waals surface area (Å²) in [6, 6.07) is 3.92. The van der Waals surface area contributed by atoms with Gasteiger partial charge in [0.2, 0.25) is 11.8 Å². The van der Waals surface area contributed by atoms with Gasteiger partial charge in [-0.05, 0) is 36.8 Å². The van der Waals surface area contributed by atoms with Crippen LogP contribution in [-0.4, -0.2) is 71.7 Å². The molecule has 2 aromatic rings. The van der Waals surface area contributed by atoms with Crippen LogP contribution in [0.15, 0.2) is 58.9 Å². The zero-order valence-corrected chi connectivity index (χ0v) is 20.6. The van der Waals surface area contributed by atoms with Crippen LogP contribution in [0.5, 0.6) is 11.5 Å². The summed E-state index contributed by atoms with van der Waals surface area (Å²) in [7, 11) is 1.44. The van der Waals surface area contributed by atoms with E-state index < -0.39 is 30.1 Å². The summed E-state index contributed by atoms with van der Waals surface area (Å²) in [6.45, 7) is 1.78. The number of aldehydes is 1. The lowest BCUT2D eigenvalue weighted by atomic mass is 9.77. The molecule has 2 aliphatic rings. The lowest BCUT2D eigenvalue weighted by Gasteiger charge is -2.40. The van der Waals surface area contributed by atoms with Gasteiger partial charge >= 0.3 is 0 Å². The van der Waals surface area contributed by atoms with E-state index in [4.69, 9.17) is 13.9 Å². The number of furan rings is 1. The molecule has 0 saturated heterocycles. The minimum Gasteiger partial charge on any atom is -0.493 e. The fourth-order valence-electron chi connectivity index (χ4n) is 4.78. The van der Waals surface area contributed by atoms with E-state index in [9.17, 15) is 24.6 Å². The number of ether oxygens (including phenoxy) is 2. The van der Waals surface area contributed by atoms with Gasteiger partial charge in [-0.2, -0.15) is 0 Å². The molecule has 0 saturated carbocycles. The van der Waals surface area contributed by atoms with E-state index in [0.29, 0.717) is 40.9 Å². The number of benzene rings is 1. The molecule has 0 fully saturated rings. The van der Waals surface area contributed by atoms with Gasteiger partial charge in [-0.15, -0.1) is 0 Å². The Hall–Kier alpha value is -3.89. The van der Waals surface area contributed by atoms with Crippen LogP contribution in [0.2, 0.25) is 0 Å². The van der Waals surface area contributed by atoms with Crippen LogP contribution in [0.4, 0.5) is 0 Å². The highest BCUT2D eigenvalue weighted by Gasteiger charge is 2.51. The van der Waals surface area contributed by atoms with Gasteiger partial charge in [0.1, 0.15) is 18.5 Å². The number of allylic oxidation sites excluding steroid dienone is 1. The highest BCUT2D eigenvalue weighted by atomic mass is 16.5. The first-order valence-corrected chi connectivity index (χ1v) is 12.0. The second kappa shape index (κ2) is 11.4. The number of methoxy groups -OCH3 is 1. The van der Waals surface area contributed by atoms with Crippen molar-refractivity contribution in [2.24, 2.45) is 0 Å². The van der Waals surface area contributed by atoms with Gasteiger partial charge in [0.25, 0.3) is 0 Å². The second-order valence-electron chi connectivity index (χ2n) is 8.81. The topological polar surface area (TPSA) is 139 Å². The first kappa shape index (κ1) is 26.2. The van der Waals surface area contributed by atoms with Crippen molar-refractivity contribution in [1.82, 2.24) is 10.2 Å². The third-order valence-electron chi connectivity index (χ3n) is 6.48. The Morgan fingerprint density at radius 2 is 2.11 bits per heavy atom. The number of hydrogen-bond donors (Lipinski definition) is 3. The normalized spacial score (nSPS) is 22.0. The molecule has 37 heavy (non-hydrogen) atoms. The maximum atomic E-state index is 13.3. The number of aliphatic hydroxyl groups excluding tert-OH is 2. The van der Waals surface area contributed by atoms with Gasteiger partial charge in [-0.3, -0.25) is 14.4 Å². The van der Waals surface area contributed by atoms with E-state index in [1.165, 1.54) is 36.7 Å². The Morgan fingerprint density at radius 1 is 1.30 bits per heavy atom. The molecule has 1 aliphatic carbocycles. The van der Waals surface area contributed by atoms with Gasteiger partial charge in [-0.1, -0.05) is 13.0 Å². The van der Waals surface area contributed by atoms with Crippen molar-refractivity contribution in [3.8, 4) is 11.5 Å². The molecule has 3 N–H and O–H groups in total. The standard InChI is InChI=1S/C27H30N2O8/c1-3-4-5-22(32)29(13-16-6-9-36-15-16)20-12-19(27(34)28-7-8-30)23-18-10-17(14-31)11-21(35-2)25(18)37-26(23)24(20)33/h4-6,9-12,14-15,20,23-24,26,30,33H,3,7-8,13H2,1-2H3,(H,28,34). The Kier molecular flexibility index (Phi) is 8.10. The van der Waals surface area contributed by atoms with Gasteiger partial charge in [0.05, 0.1) is 38.2 Å². The molecule has 196 valence electrons. The molecule has 1 aliphatic heterocycles. The van der Waals surface area contributed by atoms with E-state index in [2.05, 4.69) is 5.32 Å². The van der Waals surface area contributed by atoms with Crippen molar-refractivity contribution in [2.75, 3.05) is 20.3 Å². The molecule has 1 aromatic carbocycles. The van der Waals surface area contributed by atoms with Crippen LogP contribution < -0.4 is 14.8 Å². The number of carbonyl (C=O) groups excluding carboxylic acids is 3. The summed E-state index contributed by atoms with van der Waals surface area (Å²) in [5.41, 5.74) is 1.81. The third-order valence-corrected chi connectivity index (χ3v) is 6.48. The van der Waals surface area contributed by atoms with Crippen molar-refractivity contribution in [3.63, 3.8) is 0 Å².